The van der Waals surface area contributed by atoms with Crippen molar-refractivity contribution in [3.05, 3.63) is 97.1 Å². The van der Waals surface area contributed by atoms with Crippen LogP contribution in [0.5, 0.6) is 46.0 Å². The summed E-state index contributed by atoms with van der Waals surface area (Å²) in [6, 6.07) is 32.6. The maximum Gasteiger partial charge on any atom is 0.184 e. The molecule has 0 spiro atoms. The van der Waals surface area contributed by atoms with Crippen molar-refractivity contribution in [1.82, 2.24) is 39.6 Å². The number of nitrogens with one attached hydrogen (secondary N) is 1. The Kier molecular flexibility index (Phi) is 20.5. The largest absolute Gasteiger partial charge is 0.492 e. The first-order chi connectivity index (χ1) is 47.8. The zero-order valence-corrected chi connectivity index (χ0v) is 57.6. The van der Waals surface area contributed by atoms with Crippen molar-refractivity contribution in [3.63, 3.8) is 0 Å². The molecule has 17 nitrogen and oxygen atoms in total. The van der Waals surface area contributed by atoms with E-state index in [1.54, 1.807) is 0 Å². The Morgan fingerprint density at radius 3 is 0.722 bits per heavy atom. The Morgan fingerprint density at radius 2 is 0.485 bits per heavy atom. The van der Waals surface area contributed by atoms with Crippen LogP contribution in [0.4, 0.5) is 0 Å². The van der Waals surface area contributed by atoms with Gasteiger partial charge < -0.3 is 48.1 Å². The number of H-pyrrole nitrogens is 1. The van der Waals surface area contributed by atoms with E-state index in [0.717, 1.165) is 151 Å². The quantitative estimate of drug-likeness (QED) is 0.0299. The Balaban J connectivity index is 1.33. The van der Waals surface area contributed by atoms with Gasteiger partial charge in [-0.2, -0.15) is 0 Å². The van der Waals surface area contributed by atoms with Gasteiger partial charge in [-0.05, 0) is 51.4 Å². The van der Waals surface area contributed by atoms with Crippen LogP contribution in [0.25, 0.3) is 133 Å². The Hall–Kier alpha value is -9.64. The summed E-state index contributed by atoms with van der Waals surface area (Å²) in [5.41, 5.74) is 3.19. The minimum absolute atomic E-state index is 0.0827. The summed E-state index contributed by atoms with van der Waals surface area (Å²) in [5, 5.41) is 22.6. The molecule has 0 radical (unpaired) electrons. The van der Waals surface area contributed by atoms with E-state index in [-0.39, 0.29) is 34.6 Å². The van der Waals surface area contributed by atoms with E-state index in [0.29, 0.717) is 154 Å². The molecular weight excluding hydrogens is 1220 g/mol. The van der Waals surface area contributed by atoms with Crippen LogP contribution in [0.2, 0.25) is 0 Å². The molecule has 0 amide bonds. The minimum Gasteiger partial charge on any atom is -0.492 e. The minimum atomic E-state index is 0.0827. The van der Waals surface area contributed by atoms with Crippen molar-refractivity contribution < 1.29 is 43.1 Å². The molecule has 11 aromatic rings. The smallest absolute Gasteiger partial charge is 0.184 e. The van der Waals surface area contributed by atoms with Crippen molar-refractivity contribution >= 4 is 87.2 Å². The lowest BCUT2D eigenvalue weighted by Crippen LogP contribution is -2.04. The first-order valence-corrected chi connectivity index (χ1v) is 35.7. The van der Waals surface area contributed by atoms with Crippen molar-refractivity contribution in [3.8, 4) is 91.5 Å². The second kappa shape index (κ2) is 30.2. The van der Waals surface area contributed by atoms with Gasteiger partial charge in [0.05, 0.1) is 96.7 Å². The fraction of sp³-hybridized carbons (Fsp3) is 0.400. The summed E-state index contributed by atoms with van der Waals surface area (Å²) in [5.74, 6) is 5.44. The number of hydrogen-bond acceptors (Lipinski definition) is 15. The lowest BCUT2D eigenvalue weighted by molar-refractivity contribution is 0.209. The zero-order chi connectivity index (χ0) is 66.9. The van der Waals surface area contributed by atoms with E-state index >= 15 is 0 Å². The molecule has 2 N–H and O–H groups in total. The molecule has 17 heteroatoms. The molecule has 0 saturated heterocycles. The van der Waals surface area contributed by atoms with Gasteiger partial charge in [-0.25, -0.2) is 29.9 Å². The highest BCUT2D eigenvalue weighted by Gasteiger charge is 2.37. The van der Waals surface area contributed by atoms with Crippen LogP contribution < -0.4 is 37.9 Å². The molecule has 0 unspecified atom stereocenters. The van der Waals surface area contributed by atoms with E-state index < -0.39 is 0 Å². The highest BCUT2D eigenvalue weighted by molar-refractivity contribution is 6.23. The van der Waals surface area contributed by atoms with Crippen LogP contribution in [-0.4, -0.2) is 97.7 Å². The molecule has 2 aliphatic heterocycles. The summed E-state index contributed by atoms with van der Waals surface area (Å²) >= 11 is 0. The number of fused-ring (bicyclic) bond motifs is 24. The van der Waals surface area contributed by atoms with Crippen LogP contribution in [0.3, 0.4) is 0 Å². The maximum atomic E-state index is 13.9. The molecule has 0 fully saturated rings. The summed E-state index contributed by atoms with van der Waals surface area (Å²) in [6.45, 7) is 20.4. The Morgan fingerprint density at radius 1 is 0.278 bits per heavy atom. The second-order valence-electron chi connectivity index (χ2n) is 25.2. The molecule has 0 aliphatic carbocycles. The molecule has 2 aliphatic rings. The van der Waals surface area contributed by atoms with Gasteiger partial charge >= 0.3 is 0 Å². The normalized spacial score (nSPS) is 11.9. The molecule has 504 valence electrons. The standard InChI is InChI=1S/C80H90N8O9/c1-9-17-41-90-65-49-33-25-26-34-50(49)66(91-42-18-10-2)58-57(65)73-81-74(58)83-76-60-62(70(95-46-22-14-6)54-38-30-28-36-52(54)68(60)93-44-20-12-4)78(85-76)87-80-64-63(71(96-47-23-15-7)55-39-31-32-40-56(55)72(64)97-48-24-16-8)79(88(80)89)86-77-61-59(75(82-73)84-77)67(92-43-19-11-3)51-35-27-29-37-53(51)69(61)94-45-21-13-5/h25-40,89H,9-24,41-48H2,1-8H3,(H,81,82,83,84,85,86,87). The molecule has 3 aromatic heterocycles. The summed E-state index contributed by atoms with van der Waals surface area (Å²) in [7, 11) is 0. The number of rotatable bonds is 32. The Bertz CT molecular complexity index is 4590. The fourth-order valence-corrected chi connectivity index (χ4v) is 13.1. The lowest BCUT2D eigenvalue weighted by Gasteiger charge is -2.19. The van der Waals surface area contributed by atoms with E-state index in [4.69, 9.17) is 67.8 Å². The van der Waals surface area contributed by atoms with Crippen molar-refractivity contribution in [2.45, 2.75) is 158 Å². The average Bonchev–Trinajstić information content (AvgIpc) is 1.58. The van der Waals surface area contributed by atoms with E-state index in [9.17, 15) is 5.21 Å². The van der Waals surface area contributed by atoms with Crippen LogP contribution in [0.15, 0.2) is 97.1 Å². The number of ether oxygens (including phenoxy) is 8. The monoisotopic (exact) mass is 1310 g/mol. The van der Waals surface area contributed by atoms with Gasteiger partial charge in [0.25, 0.3) is 0 Å². The van der Waals surface area contributed by atoms with Gasteiger partial charge in [0.15, 0.2) is 34.6 Å². The predicted molar refractivity (Wildman–Crippen MR) is 390 cm³/mol. The average molecular weight is 1310 g/mol. The summed E-state index contributed by atoms with van der Waals surface area (Å²) in [4.78, 5) is 38.2. The number of hydrogen-bond donors (Lipinski definition) is 2. The van der Waals surface area contributed by atoms with Gasteiger partial charge in [-0.3, -0.25) is 0 Å². The van der Waals surface area contributed by atoms with E-state index in [2.05, 4.69) is 96.8 Å². The predicted octanol–water partition coefficient (Wildman–Crippen LogP) is 20.6. The zero-order valence-electron chi connectivity index (χ0n) is 57.6. The van der Waals surface area contributed by atoms with Gasteiger partial charge in [0, 0.05) is 43.1 Å². The molecule has 13 rings (SSSR count). The molecular formula is C80H90N8O9. The second-order valence-corrected chi connectivity index (χ2v) is 25.2. The summed E-state index contributed by atoms with van der Waals surface area (Å²) in [6.07, 6.45) is 13.4. The van der Waals surface area contributed by atoms with Crippen molar-refractivity contribution in [2.75, 3.05) is 52.9 Å². The topological polar surface area (TPSA) is 192 Å². The van der Waals surface area contributed by atoms with Gasteiger partial charge in [0.1, 0.15) is 57.3 Å². The summed E-state index contributed by atoms with van der Waals surface area (Å²) < 4.78 is 58.0. The van der Waals surface area contributed by atoms with Gasteiger partial charge in [-0.15, -0.1) is 4.73 Å². The van der Waals surface area contributed by atoms with Crippen LogP contribution in [-0.2, 0) is 0 Å². The number of benzene rings is 8. The molecule has 5 heterocycles. The molecule has 97 heavy (non-hydrogen) atoms. The highest BCUT2D eigenvalue weighted by Crippen LogP contribution is 2.56. The first-order valence-electron chi connectivity index (χ1n) is 35.7. The number of aromatic nitrogens is 8. The number of nitrogens with zero attached hydrogens (tertiary/aromatic N) is 7. The Labute approximate surface area is 566 Å². The van der Waals surface area contributed by atoms with E-state index in [1.165, 1.54) is 0 Å². The highest BCUT2D eigenvalue weighted by atomic mass is 16.5. The third-order valence-electron chi connectivity index (χ3n) is 18.2. The number of unbranched alkanes of at least 4 members (excludes halogenated alkanes) is 8. The van der Waals surface area contributed by atoms with Crippen molar-refractivity contribution in [1.29, 1.82) is 0 Å². The molecule has 8 aromatic carbocycles. The maximum absolute atomic E-state index is 13.9. The third-order valence-corrected chi connectivity index (χ3v) is 18.2. The van der Waals surface area contributed by atoms with Crippen molar-refractivity contribution in [2.24, 2.45) is 0 Å². The van der Waals surface area contributed by atoms with E-state index in [1.807, 2.05) is 60.7 Å². The lowest BCUT2D eigenvalue weighted by atomic mass is 9.97. The van der Waals surface area contributed by atoms with Gasteiger partial charge in [0.2, 0.25) is 0 Å². The molecule has 8 bridgehead atoms. The number of aromatic amines is 1. The van der Waals surface area contributed by atoms with Crippen LogP contribution >= 0.6 is 0 Å². The molecule has 0 atom stereocenters. The molecule has 0 saturated carbocycles. The van der Waals surface area contributed by atoms with Crippen LogP contribution in [0, 0.1) is 0 Å². The van der Waals surface area contributed by atoms with Gasteiger partial charge in [-0.1, -0.05) is 204 Å². The first kappa shape index (κ1) is 66.0. The third kappa shape index (κ3) is 12.4. The SMILES string of the molecule is CCCCOc1c2c(c(OCCCC)c3ccccc13)-c1nc-2nc2[nH]c(nc3nc(nc4c5c(OCCCC)c6ccccc6c(OCCCC)c5c(n1)n4O)-c1c-3c(OCCCC)c3ccccc3c1OCCCC)c1c(OCCCC)c3ccccc3c(OCCCC)c21. The fourth-order valence-electron chi connectivity index (χ4n) is 13.1. The van der Waals surface area contributed by atoms with Crippen LogP contribution in [0.1, 0.15) is 158 Å².